The highest BCUT2D eigenvalue weighted by Gasteiger charge is 2.33. The van der Waals surface area contributed by atoms with E-state index >= 15 is 0 Å². The zero-order valence-electron chi connectivity index (χ0n) is 22.9. The van der Waals surface area contributed by atoms with Gasteiger partial charge in [0, 0.05) is 18.3 Å². The zero-order valence-corrected chi connectivity index (χ0v) is 22.9. The van der Waals surface area contributed by atoms with Gasteiger partial charge in [0.2, 0.25) is 11.8 Å². The molecule has 0 spiro atoms. The molecule has 41 heavy (non-hydrogen) atoms. The lowest BCUT2D eigenvalue weighted by Gasteiger charge is -2.32. The van der Waals surface area contributed by atoms with Gasteiger partial charge in [0.1, 0.15) is 29.6 Å². The number of carbonyl (C=O) groups excluding carboxylic acids is 2. The van der Waals surface area contributed by atoms with Gasteiger partial charge < -0.3 is 14.8 Å². The number of amides is 2. The van der Waals surface area contributed by atoms with Crippen LogP contribution < -0.4 is 19.7 Å². The van der Waals surface area contributed by atoms with Crippen molar-refractivity contribution in [3.8, 4) is 11.5 Å². The van der Waals surface area contributed by atoms with Crippen LogP contribution in [0.2, 0.25) is 0 Å². The molecule has 1 heterocycles. The Morgan fingerprint density at radius 1 is 0.902 bits per heavy atom. The monoisotopic (exact) mass is 549 g/mol. The molecule has 0 saturated heterocycles. The fourth-order valence-corrected chi connectivity index (χ4v) is 4.65. The number of para-hydroxylation sites is 1. The summed E-state index contributed by atoms with van der Waals surface area (Å²) in [5.74, 6) is 0.551. The second-order valence-corrected chi connectivity index (χ2v) is 9.31. The normalized spacial score (nSPS) is 11.6. The maximum absolute atomic E-state index is 14.2. The summed E-state index contributed by atoms with van der Waals surface area (Å²) >= 11 is 0. The van der Waals surface area contributed by atoms with E-state index in [9.17, 15) is 9.59 Å². The summed E-state index contributed by atoms with van der Waals surface area (Å²) in [5, 5.41) is 11.4. The third kappa shape index (κ3) is 6.36. The number of carbonyl (C=O) groups is 2. The van der Waals surface area contributed by atoms with Gasteiger partial charge in [-0.15, -0.1) is 5.10 Å². The van der Waals surface area contributed by atoms with Crippen LogP contribution in [0.5, 0.6) is 11.5 Å². The van der Waals surface area contributed by atoms with Crippen LogP contribution in [0.1, 0.15) is 24.1 Å². The van der Waals surface area contributed by atoms with Crippen molar-refractivity contribution in [2.75, 3.05) is 18.6 Å². The first-order valence-electron chi connectivity index (χ1n) is 13.4. The van der Waals surface area contributed by atoms with E-state index in [1.54, 1.807) is 48.2 Å². The third-order valence-corrected chi connectivity index (χ3v) is 6.63. The number of fused-ring (bicyclic) bond motifs is 1. The van der Waals surface area contributed by atoms with Gasteiger partial charge in [-0.25, -0.2) is 4.68 Å². The molecular weight excluding hydrogens is 518 g/mol. The molecule has 1 aromatic heterocycles. The predicted octanol–water partition coefficient (Wildman–Crippen LogP) is 4.93. The Morgan fingerprint density at radius 2 is 1.66 bits per heavy atom. The predicted molar refractivity (Wildman–Crippen MR) is 157 cm³/mol. The molecule has 0 saturated carbocycles. The Kier molecular flexibility index (Phi) is 8.54. The van der Waals surface area contributed by atoms with Gasteiger partial charge in [0.15, 0.2) is 0 Å². The van der Waals surface area contributed by atoms with E-state index in [4.69, 9.17) is 9.47 Å². The molecule has 208 valence electrons. The highest BCUT2D eigenvalue weighted by Crippen LogP contribution is 2.32. The number of ether oxygens (including phenoxy) is 2. The fraction of sp³-hybridized carbons (Fsp3) is 0.188. The Morgan fingerprint density at radius 3 is 2.41 bits per heavy atom. The summed E-state index contributed by atoms with van der Waals surface area (Å²) in [4.78, 5) is 29.7. The van der Waals surface area contributed by atoms with Crippen LogP contribution in [0.25, 0.3) is 11.0 Å². The smallest absolute Gasteiger partial charge is 0.249 e. The first kappa shape index (κ1) is 27.4. The van der Waals surface area contributed by atoms with Crippen molar-refractivity contribution in [3.05, 3.63) is 114 Å². The summed E-state index contributed by atoms with van der Waals surface area (Å²) in [6.07, 6.45) is 0. The number of nitrogens with one attached hydrogen (secondary N) is 1. The topological polar surface area (TPSA) is 98.6 Å². The molecule has 0 radical (unpaired) electrons. The van der Waals surface area contributed by atoms with Gasteiger partial charge in [-0.2, -0.15) is 0 Å². The molecule has 4 aromatic carbocycles. The van der Waals surface area contributed by atoms with E-state index in [0.29, 0.717) is 41.4 Å². The molecule has 5 aromatic rings. The number of anilines is 1. The number of methoxy groups -OCH3 is 1. The van der Waals surface area contributed by atoms with E-state index in [0.717, 1.165) is 11.1 Å². The molecule has 9 nitrogen and oxygen atoms in total. The number of benzene rings is 4. The zero-order chi connectivity index (χ0) is 28.6. The Balaban J connectivity index is 1.56. The quantitative estimate of drug-likeness (QED) is 0.251. The molecule has 1 atom stereocenters. The molecule has 5 rings (SSSR count). The number of hydrogen-bond acceptors (Lipinski definition) is 6. The van der Waals surface area contributed by atoms with E-state index < -0.39 is 6.04 Å². The van der Waals surface area contributed by atoms with Crippen LogP contribution in [0.3, 0.4) is 0 Å². The minimum atomic E-state index is -0.996. The van der Waals surface area contributed by atoms with E-state index in [1.807, 2.05) is 73.7 Å². The highest BCUT2D eigenvalue weighted by atomic mass is 16.5. The van der Waals surface area contributed by atoms with Gasteiger partial charge in [-0.05, 0) is 54.4 Å². The van der Waals surface area contributed by atoms with Crippen LogP contribution in [0, 0.1) is 0 Å². The van der Waals surface area contributed by atoms with Crippen molar-refractivity contribution in [3.63, 3.8) is 0 Å². The lowest BCUT2D eigenvalue weighted by atomic mass is 10.0. The van der Waals surface area contributed by atoms with Crippen LogP contribution in [-0.2, 0) is 22.7 Å². The third-order valence-electron chi connectivity index (χ3n) is 6.63. The number of rotatable bonds is 11. The summed E-state index contributed by atoms with van der Waals surface area (Å²) in [5.41, 5.74) is 3.47. The lowest BCUT2D eigenvalue weighted by molar-refractivity contribution is -0.127. The van der Waals surface area contributed by atoms with Crippen LogP contribution in [-0.4, -0.2) is 40.5 Å². The molecule has 0 aliphatic carbocycles. The number of aromatic nitrogens is 3. The second-order valence-electron chi connectivity index (χ2n) is 9.31. The molecule has 0 aliphatic rings. The van der Waals surface area contributed by atoms with Crippen molar-refractivity contribution < 1.29 is 19.1 Å². The summed E-state index contributed by atoms with van der Waals surface area (Å²) in [7, 11) is 1.56. The maximum Gasteiger partial charge on any atom is 0.249 e. The van der Waals surface area contributed by atoms with Gasteiger partial charge in [0.25, 0.3) is 0 Å². The molecular formula is C32H31N5O4. The Bertz CT molecular complexity index is 1620. The average molecular weight is 550 g/mol. The van der Waals surface area contributed by atoms with Crippen molar-refractivity contribution in [2.24, 2.45) is 0 Å². The lowest BCUT2D eigenvalue weighted by Crippen LogP contribution is -2.45. The second kappa shape index (κ2) is 12.8. The molecule has 0 bridgehead atoms. The largest absolute Gasteiger partial charge is 0.497 e. The van der Waals surface area contributed by atoms with Crippen molar-refractivity contribution in [2.45, 2.75) is 26.1 Å². The van der Waals surface area contributed by atoms with E-state index in [-0.39, 0.29) is 18.4 Å². The summed E-state index contributed by atoms with van der Waals surface area (Å²) < 4.78 is 12.6. The van der Waals surface area contributed by atoms with Crippen LogP contribution in [0.15, 0.2) is 103 Å². The standard InChI is InChI=1S/C32H31N5O4/c1-3-41-26-18-16-24(17-19-26)31(32(39)33-21-23-10-5-4-6-11-23)37(25-12-9-13-27(20-25)40-2)30(38)22-36-29-15-8-7-14-28(29)34-35-36/h4-20,31H,3,21-22H2,1-2H3,(H,33,39). The summed E-state index contributed by atoms with van der Waals surface area (Å²) in [6, 6.07) is 30.4. The average Bonchev–Trinajstić information content (AvgIpc) is 3.42. The molecule has 0 aliphatic heterocycles. The highest BCUT2D eigenvalue weighted by molar-refractivity contribution is 6.01. The maximum atomic E-state index is 14.2. The number of nitrogens with zero attached hydrogens (tertiary/aromatic N) is 4. The van der Waals surface area contributed by atoms with E-state index in [1.165, 1.54) is 4.90 Å². The first-order valence-corrected chi connectivity index (χ1v) is 13.4. The molecule has 1 unspecified atom stereocenters. The van der Waals surface area contributed by atoms with Gasteiger partial charge in [0.05, 0.1) is 19.2 Å². The Labute approximate surface area is 238 Å². The molecule has 9 heteroatoms. The van der Waals surface area contributed by atoms with Crippen molar-refractivity contribution >= 4 is 28.5 Å². The van der Waals surface area contributed by atoms with Crippen LogP contribution in [0.4, 0.5) is 5.69 Å². The van der Waals surface area contributed by atoms with Crippen molar-refractivity contribution in [1.29, 1.82) is 0 Å². The fourth-order valence-electron chi connectivity index (χ4n) is 4.65. The van der Waals surface area contributed by atoms with Gasteiger partial charge >= 0.3 is 0 Å². The SMILES string of the molecule is CCOc1ccc(C(C(=O)NCc2ccccc2)N(C(=O)Cn2nnc3ccccc32)c2cccc(OC)c2)cc1. The van der Waals surface area contributed by atoms with Crippen molar-refractivity contribution in [1.82, 2.24) is 20.3 Å². The number of hydrogen-bond donors (Lipinski definition) is 1. The van der Waals surface area contributed by atoms with Crippen LogP contribution >= 0.6 is 0 Å². The van der Waals surface area contributed by atoms with E-state index in [2.05, 4.69) is 15.6 Å². The summed E-state index contributed by atoms with van der Waals surface area (Å²) in [6.45, 7) is 2.60. The first-order chi connectivity index (χ1) is 20.1. The van der Waals surface area contributed by atoms with Gasteiger partial charge in [-0.1, -0.05) is 65.9 Å². The minimum Gasteiger partial charge on any atom is -0.497 e. The minimum absolute atomic E-state index is 0.128. The molecule has 1 N–H and O–H groups in total. The Hall–Kier alpha value is -5.18. The molecule has 2 amide bonds. The molecule has 0 fully saturated rings. The van der Waals surface area contributed by atoms with Gasteiger partial charge in [-0.3, -0.25) is 14.5 Å².